The summed E-state index contributed by atoms with van der Waals surface area (Å²) < 4.78 is 13.4. The molecule has 1 aromatic heterocycles. The smallest absolute Gasteiger partial charge is 0.224 e. The van der Waals surface area contributed by atoms with E-state index in [-0.39, 0.29) is 5.91 Å². The molecule has 0 radical (unpaired) electrons. The highest BCUT2D eigenvalue weighted by Gasteiger charge is 2.10. The molecule has 6 nitrogen and oxygen atoms in total. The molecule has 0 atom stereocenters. The van der Waals surface area contributed by atoms with Crippen LogP contribution >= 0.6 is 11.6 Å². The summed E-state index contributed by atoms with van der Waals surface area (Å²) >= 11 is 6.12. The molecule has 0 bridgehead atoms. The largest absolute Gasteiger partial charge is 0.497 e. The Bertz CT molecular complexity index is 1330. The van der Waals surface area contributed by atoms with E-state index in [1.54, 1.807) is 7.11 Å². The Labute approximate surface area is 229 Å². The molecule has 0 aliphatic carbocycles. The van der Waals surface area contributed by atoms with Gasteiger partial charge in [0.1, 0.15) is 17.3 Å². The van der Waals surface area contributed by atoms with E-state index in [0.29, 0.717) is 19.6 Å². The van der Waals surface area contributed by atoms with Gasteiger partial charge in [-0.25, -0.2) is 4.98 Å². The lowest BCUT2D eigenvalue weighted by Crippen LogP contribution is -2.26. The van der Waals surface area contributed by atoms with Crippen LogP contribution in [0.1, 0.15) is 42.6 Å². The van der Waals surface area contributed by atoms with Gasteiger partial charge in [-0.15, -0.1) is 0 Å². The van der Waals surface area contributed by atoms with Gasteiger partial charge < -0.3 is 19.4 Å². The number of fused-ring (bicyclic) bond motifs is 1. The average molecular weight is 534 g/mol. The maximum absolute atomic E-state index is 12.2. The van der Waals surface area contributed by atoms with Crippen LogP contribution in [0.4, 0.5) is 0 Å². The van der Waals surface area contributed by atoms with Crippen molar-refractivity contribution in [2.45, 2.75) is 52.0 Å². The van der Waals surface area contributed by atoms with Crippen molar-refractivity contribution < 1.29 is 14.3 Å². The number of ether oxygens (including phenoxy) is 2. The summed E-state index contributed by atoms with van der Waals surface area (Å²) in [7, 11) is 1.64. The van der Waals surface area contributed by atoms with Crippen molar-refractivity contribution in [2.24, 2.45) is 0 Å². The van der Waals surface area contributed by atoms with Crippen LogP contribution in [0.2, 0.25) is 5.02 Å². The van der Waals surface area contributed by atoms with Gasteiger partial charge in [-0.05, 0) is 79.8 Å². The number of aromatic nitrogens is 2. The van der Waals surface area contributed by atoms with Gasteiger partial charge >= 0.3 is 0 Å². The Morgan fingerprint density at radius 3 is 2.55 bits per heavy atom. The normalized spacial score (nSPS) is 11.0. The third kappa shape index (κ3) is 7.75. The lowest BCUT2D eigenvalue weighted by molar-refractivity contribution is -0.120. The molecular weight excluding hydrogens is 498 g/mol. The summed E-state index contributed by atoms with van der Waals surface area (Å²) in [6, 6.07) is 21.7. The molecule has 1 heterocycles. The molecule has 0 fully saturated rings. The Morgan fingerprint density at radius 1 is 0.974 bits per heavy atom. The molecule has 38 heavy (non-hydrogen) atoms. The Balaban J connectivity index is 1.20. The molecule has 0 saturated heterocycles. The van der Waals surface area contributed by atoms with Crippen molar-refractivity contribution in [1.29, 1.82) is 0 Å². The highest BCUT2D eigenvalue weighted by atomic mass is 35.5. The van der Waals surface area contributed by atoms with Crippen LogP contribution in [-0.4, -0.2) is 35.7 Å². The maximum Gasteiger partial charge on any atom is 0.224 e. The van der Waals surface area contributed by atoms with Gasteiger partial charge in [0.2, 0.25) is 5.91 Å². The lowest BCUT2D eigenvalue weighted by atomic mass is 10.1. The first-order valence-corrected chi connectivity index (χ1v) is 13.6. The van der Waals surface area contributed by atoms with E-state index in [2.05, 4.69) is 28.1 Å². The number of nitrogens with one attached hydrogen (secondary N) is 1. The maximum atomic E-state index is 12.2. The van der Waals surface area contributed by atoms with Gasteiger partial charge in [0.05, 0.1) is 31.2 Å². The number of rotatable bonds is 14. The summed E-state index contributed by atoms with van der Waals surface area (Å²) in [4.78, 5) is 17.1. The van der Waals surface area contributed by atoms with Crippen LogP contribution in [0, 0.1) is 6.92 Å². The van der Waals surface area contributed by atoms with Gasteiger partial charge in [-0.1, -0.05) is 42.3 Å². The predicted octanol–water partition coefficient (Wildman–Crippen LogP) is 6.55. The molecule has 7 heteroatoms. The summed E-state index contributed by atoms with van der Waals surface area (Å²) in [5, 5.41) is 3.79. The van der Waals surface area contributed by atoms with Gasteiger partial charge in [-0.3, -0.25) is 4.79 Å². The quantitative estimate of drug-likeness (QED) is 0.187. The van der Waals surface area contributed by atoms with Crippen molar-refractivity contribution in [3.8, 4) is 11.5 Å². The van der Waals surface area contributed by atoms with Crippen LogP contribution in [0.25, 0.3) is 11.0 Å². The average Bonchev–Trinajstić information content (AvgIpc) is 3.28. The zero-order valence-corrected chi connectivity index (χ0v) is 23.0. The first kappa shape index (κ1) is 27.5. The Hall–Kier alpha value is -3.51. The molecule has 1 N–H and O–H groups in total. The van der Waals surface area contributed by atoms with Crippen molar-refractivity contribution in [1.82, 2.24) is 14.9 Å². The van der Waals surface area contributed by atoms with E-state index in [9.17, 15) is 4.79 Å². The highest BCUT2D eigenvalue weighted by molar-refractivity contribution is 6.31. The minimum atomic E-state index is 0.0490. The highest BCUT2D eigenvalue weighted by Crippen LogP contribution is 2.22. The number of nitrogens with zero attached hydrogens (tertiary/aromatic N) is 2. The third-order valence-electron chi connectivity index (χ3n) is 6.58. The molecule has 0 unspecified atom stereocenters. The topological polar surface area (TPSA) is 65.4 Å². The zero-order valence-electron chi connectivity index (χ0n) is 22.2. The first-order valence-electron chi connectivity index (χ1n) is 13.3. The Morgan fingerprint density at radius 2 is 1.76 bits per heavy atom. The number of carbonyl (C=O) groups is 1. The van der Waals surface area contributed by atoms with E-state index >= 15 is 0 Å². The monoisotopic (exact) mass is 533 g/mol. The van der Waals surface area contributed by atoms with Crippen LogP contribution < -0.4 is 14.8 Å². The number of imidazole rings is 1. The molecule has 1 amide bonds. The summed E-state index contributed by atoms with van der Waals surface area (Å²) in [6.45, 7) is 4.15. The number of amides is 1. The first-order chi connectivity index (χ1) is 18.5. The van der Waals surface area contributed by atoms with E-state index < -0.39 is 0 Å². The molecule has 4 aromatic rings. The molecule has 0 spiro atoms. The van der Waals surface area contributed by atoms with E-state index in [1.165, 1.54) is 0 Å². The second-order valence-corrected chi connectivity index (χ2v) is 9.87. The Kier molecular flexibility index (Phi) is 10.0. The molecule has 0 aliphatic rings. The van der Waals surface area contributed by atoms with Crippen LogP contribution in [0.15, 0.2) is 66.7 Å². The number of benzene rings is 3. The molecule has 0 aliphatic heterocycles. The lowest BCUT2D eigenvalue weighted by Gasteiger charge is -2.11. The zero-order chi connectivity index (χ0) is 26.7. The molecule has 0 saturated carbocycles. The molecule has 200 valence electrons. The van der Waals surface area contributed by atoms with Crippen LogP contribution in [-0.2, 0) is 24.2 Å². The molecule has 4 rings (SSSR count). The van der Waals surface area contributed by atoms with Crippen molar-refractivity contribution >= 4 is 28.5 Å². The van der Waals surface area contributed by atoms with Gasteiger partial charge in [0.25, 0.3) is 0 Å². The second kappa shape index (κ2) is 13.9. The second-order valence-electron chi connectivity index (χ2n) is 9.47. The molecule has 3 aromatic carbocycles. The number of para-hydroxylation sites is 2. The summed E-state index contributed by atoms with van der Waals surface area (Å²) in [5.41, 5.74) is 4.19. The fraction of sp³-hybridized carbons (Fsp3) is 0.355. The van der Waals surface area contributed by atoms with E-state index in [1.807, 2.05) is 55.5 Å². The number of halogens is 1. The minimum Gasteiger partial charge on any atom is -0.497 e. The van der Waals surface area contributed by atoms with Crippen molar-refractivity contribution in [3.05, 3.63) is 88.7 Å². The van der Waals surface area contributed by atoms with Crippen LogP contribution in [0.3, 0.4) is 0 Å². The third-order valence-corrected chi connectivity index (χ3v) is 7.00. The van der Waals surface area contributed by atoms with E-state index in [4.69, 9.17) is 26.1 Å². The number of aryl methyl sites for hydroxylation is 3. The standard InChI is InChI=1S/C31H36ClN3O3/c1-23-21-26(16-17-27(23)32)38-20-8-19-35-29-10-6-5-9-28(29)34-30(35)11-4-3-7-18-33-31(36)22-24-12-14-25(37-2)15-13-24/h5-6,9-10,12-17,21H,3-4,7-8,11,18-20,22H2,1-2H3,(H,33,36). The molecular formula is C31H36ClN3O3. The summed E-state index contributed by atoms with van der Waals surface area (Å²) in [6.07, 6.45) is 5.18. The fourth-order valence-corrected chi connectivity index (χ4v) is 4.61. The number of unbranched alkanes of at least 4 members (excludes halogenated alkanes) is 2. The minimum absolute atomic E-state index is 0.0490. The summed E-state index contributed by atoms with van der Waals surface area (Å²) in [5.74, 6) is 2.80. The fourth-order valence-electron chi connectivity index (χ4n) is 4.49. The van der Waals surface area contributed by atoms with Crippen molar-refractivity contribution in [3.63, 3.8) is 0 Å². The van der Waals surface area contributed by atoms with Crippen LogP contribution in [0.5, 0.6) is 11.5 Å². The van der Waals surface area contributed by atoms with Gasteiger partial charge in [0, 0.05) is 24.5 Å². The van der Waals surface area contributed by atoms with E-state index in [0.717, 1.165) is 83.2 Å². The van der Waals surface area contributed by atoms with Gasteiger partial charge in [0.15, 0.2) is 0 Å². The SMILES string of the molecule is COc1ccc(CC(=O)NCCCCCc2nc3ccccc3n2CCCOc2ccc(Cl)c(C)c2)cc1. The number of carbonyl (C=O) groups excluding carboxylic acids is 1. The van der Waals surface area contributed by atoms with Crippen molar-refractivity contribution in [2.75, 3.05) is 20.3 Å². The number of hydrogen-bond acceptors (Lipinski definition) is 4. The number of hydrogen-bond donors (Lipinski definition) is 1. The predicted molar refractivity (Wildman–Crippen MR) is 153 cm³/mol. The van der Waals surface area contributed by atoms with Gasteiger partial charge in [-0.2, -0.15) is 0 Å². The number of methoxy groups -OCH3 is 1.